The molecule has 1 aromatic heterocycles. The van der Waals surface area contributed by atoms with Gasteiger partial charge in [0, 0.05) is 25.1 Å². The standard InChI is InChI=1S/C21H24N2O6/c1-13(9-14-3-4-17-18(10-14)28-12-27-17)16-11-19(29-22-16)20(24)23-7-5-15(6-8-23)21(25)26-2/h3-4,10-11,13,15H,5-9,12H2,1-2H3/t13-/m1/s1. The summed E-state index contributed by atoms with van der Waals surface area (Å²) in [7, 11) is 1.39. The minimum atomic E-state index is -0.212. The van der Waals surface area contributed by atoms with Gasteiger partial charge >= 0.3 is 5.97 Å². The fraction of sp³-hybridized carbons (Fsp3) is 0.476. The van der Waals surface area contributed by atoms with Crippen molar-refractivity contribution < 1.29 is 28.3 Å². The molecule has 2 aliphatic rings. The summed E-state index contributed by atoms with van der Waals surface area (Å²) in [6.07, 6.45) is 1.93. The molecule has 0 aliphatic carbocycles. The van der Waals surface area contributed by atoms with Gasteiger partial charge in [0.15, 0.2) is 11.5 Å². The van der Waals surface area contributed by atoms with Crippen molar-refractivity contribution in [2.75, 3.05) is 27.0 Å². The number of nitrogens with zero attached hydrogens (tertiary/aromatic N) is 2. The molecule has 1 amide bonds. The molecule has 1 atom stereocenters. The fourth-order valence-corrected chi connectivity index (χ4v) is 3.79. The number of esters is 1. The third kappa shape index (κ3) is 4.06. The maximum Gasteiger partial charge on any atom is 0.308 e. The normalized spacial score (nSPS) is 17.2. The van der Waals surface area contributed by atoms with E-state index in [1.807, 2.05) is 25.1 Å². The molecule has 2 aromatic rings. The number of ether oxygens (including phenoxy) is 3. The minimum Gasteiger partial charge on any atom is -0.469 e. The Morgan fingerprint density at radius 3 is 2.72 bits per heavy atom. The van der Waals surface area contributed by atoms with E-state index >= 15 is 0 Å². The molecule has 4 rings (SSSR count). The van der Waals surface area contributed by atoms with Crippen LogP contribution in [0.4, 0.5) is 0 Å². The second-order valence-corrected chi connectivity index (χ2v) is 7.50. The summed E-state index contributed by atoms with van der Waals surface area (Å²) in [6.45, 7) is 3.29. The van der Waals surface area contributed by atoms with Crippen LogP contribution in [0.2, 0.25) is 0 Å². The highest BCUT2D eigenvalue weighted by Crippen LogP contribution is 2.34. The number of likely N-dealkylation sites (tertiary alicyclic amines) is 1. The number of hydrogen-bond donors (Lipinski definition) is 0. The van der Waals surface area contributed by atoms with Gasteiger partial charge in [-0.3, -0.25) is 9.59 Å². The van der Waals surface area contributed by atoms with E-state index < -0.39 is 0 Å². The van der Waals surface area contributed by atoms with E-state index in [0.717, 1.165) is 29.2 Å². The van der Waals surface area contributed by atoms with Gasteiger partial charge in [-0.15, -0.1) is 0 Å². The van der Waals surface area contributed by atoms with E-state index in [-0.39, 0.29) is 36.3 Å². The second-order valence-electron chi connectivity index (χ2n) is 7.50. The third-order valence-electron chi connectivity index (χ3n) is 5.54. The largest absolute Gasteiger partial charge is 0.469 e. The predicted octanol–water partition coefficient (Wildman–Crippen LogP) is 2.77. The van der Waals surface area contributed by atoms with Crippen LogP contribution in [0.15, 0.2) is 28.8 Å². The molecule has 0 bridgehead atoms. The molecule has 0 saturated carbocycles. The first-order valence-electron chi connectivity index (χ1n) is 9.77. The highest BCUT2D eigenvalue weighted by molar-refractivity contribution is 5.91. The first-order chi connectivity index (χ1) is 14.0. The molecule has 0 unspecified atom stereocenters. The number of amides is 1. The Labute approximate surface area is 168 Å². The number of aromatic nitrogens is 1. The van der Waals surface area contributed by atoms with Gasteiger partial charge in [-0.25, -0.2) is 0 Å². The van der Waals surface area contributed by atoms with Crippen molar-refractivity contribution in [3.63, 3.8) is 0 Å². The topological polar surface area (TPSA) is 91.1 Å². The first-order valence-corrected chi connectivity index (χ1v) is 9.77. The quantitative estimate of drug-likeness (QED) is 0.713. The summed E-state index contributed by atoms with van der Waals surface area (Å²) in [4.78, 5) is 26.0. The Hall–Kier alpha value is -3.03. The molecule has 1 aromatic carbocycles. The zero-order valence-corrected chi connectivity index (χ0v) is 16.6. The van der Waals surface area contributed by atoms with E-state index in [2.05, 4.69) is 5.16 Å². The number of hydrogen-bond acceptors (Lipinski definition) is 7. The summed E-state index contributed by atoms with van der Waals surface area (Å²) in [5, 5.41) is 4.10. The second kappa shape index (κ2) is 8.14. The van der Waals surface area contributed by atoms with Gasteiger partial charge < -0.3 is 23.6 Å². The fourth-order valence-electron chi connectivity index (χ4n) is 3.79. The molecule has 1 saturated heterocycles. The zero-order chi connectivity index (χ0) is 20.4. The van der Waals surface area contributed by atoms with Crippen LogP contribution in [0.1, 0.15) is 47.5 Å². The molecular formula is C21H24N2O6. The van der Waals surface area contributed by atoms with Crippen LogP contribution in [0.25, 0.3) is 0 Å². The Morgan fingerprint density at radius 1 is 1.21 bits per heavy atom. The lowest BCUT2D eigenvalue weighted by Gasteiger charge is -2.29. The average molecular weight is 400 g/mol. The van der Waals surface area contributed by atoms with Crippen LogP contribution >= 0.6 is 0 Å². The van der Waals surface area contributed by atoms with Crippen LogP contribution in [-0.2, 0) is 16.0 Å². The summed E-state index contributed by atoms with van der Waals surface area (Å²) in [5.41, 5.74) is 1.83. The van der Waals surface area contributed by atoms with Crippen molar-refractivity contribution in [3.8, 4) is 11.5 Å². The van der Waals surface area contributed by atoms with Crippen molar-refractivity contribution >= 4 is 11.9 Å². The summed E-state index contributed by atoms with van der Waals surface area (Å²) in [6, 6.07) is 7.59. The van der Waals surface area contributed by atoms with Gasteiger partial charge in [-0.2, -0.15) is 0 Å². The lowest BCUT2D eigenvalue weighted by Crippen LogP contribution is -2.40. The van der Waals surface area contributed by atoms with Crippen LogP contribution in [-0.4, -0.2) is 48.9 Å². The van der Waals surface area contributed by atoms with Crippen molar-refractivity contribution in [1.29, 1.82) is 0 Å². The van der Waals surface area contributed by atoms with Crippen LogP contribution < -0.4 is 9.47 Å². The van der Waals surface area contributed by atoms with Gasteiger partial charge in [0.1, 0.15) is 0 Å². The number of rotatable bonds is 5. The summed E-state index contributed by atoms with van der Waals surface area (Å²) >= 11 is 0. The Kier molecular flexibility index (Phi) is 5.42. The van der Waals surface area contributed by atoms with Gasteiger partial charge in [-0.05, 0) is 37.0 Å². The smallest absolute Gasteiger partial charge is 0.308 e. The lowest BCUT2D eigenvalue weighted by atomic mass is 9.96. The molecule has 8 heteroatoms. The monoisotopic (exact) mass is 400 g/mol. The molecular weight excluding hydrogens is 376 g/mol. The van der Waals surface area contributed by atoms with Crippen LogP contribution in [0.3, 0.4) is 0 Å². The Balaban J connectivity index is 1.36. The number of benzene rings is 1. The molecule has 0 spiro atoms. The minimum absolute atomic E-state index is 0.0748. The number of carbonyl (C=O) groups excluding carboxylic acids is 2. The van der Waals surface area contributed by atoms with E-state index in [1.165, 1.54) is 7.11 Å². The predicted molar refractivity (Wildman–Crippen MR) is 102 cm³/mol. The molecule has 2 aliphatic heterocycles. The van der Waals surface area contributed by atoms with Gasteiger partial charge in [0.2, 0.25) is 12.6 Å². The molecule has 0 N–H and O–H groups in total. The highest BCUT2D eigenvalue weighted by Gasteiger charge is 2.30. The number of fused-ring (bicyclic) bond motifs is 1. The third-order valence-corrected chi connectivity index (χ3v) is 5.54. The maximum absolute atomic E-state index is 12.7. The molecule has 3 heterocycles. The van der Waals surface area contributed by atoms with E-state index in [1.54, 1.807) is 11.0 Å². The van der Waals surface area contributed by atoms with Crippen molar-refractivity contribution in [3.05, 3.63) is 41.3 Å². The van der Waals surface area contributed by atoms with E-state index in [4.69, 9.17) is 18.7 Å². The number of piperidine rings is 1. The lowest BCUT2D eigenvalue weighted by molar-refractivity contribution is -0.146. The summed E-state index contributed by atoms with van der Waals surface area (Å²) in [5.74, 6) is 1.27. The van der Waals surface area contributed by atoms with Crippen molar-refractivity contribution in [1.82, 2.24) is 10.1 Å². The number of carbonyl (C=O) groups is 2. The highest BCUT2D eigenvalue weighted by atomic mass is 16.7. The molecule has 0 radical (unpaired) electrons. The molecule has 29 heavy (non-hydrogen) atoms. The van der Waals surface area contributed by atoms with Crippen LogP contribution in [0, 0.1) is 5.92 Å². The van der Waals surface area contributed by atoms with Gasteiger partial charge in [0.25, 0.3) is 5.91 Å². The molecule has 154 valence electrons. The Morgan fingerprint density at radius 2 is 1.97 bits per heavy atom. The first kappa shape index (κ1) is 19.3. The average Bonchev–Trinajstić information content (AvgIpc) is 3.42. The zero-order valence-electron chi connectivity index (χ0n) is 16.6. The van der Waals surface area contributed by atoms with E-state index in [9.17, 15) is 9.59 Å². The van der Waals surface area contributed by atoms with Crippen molar-refractivity contribution in [2.24, 2.45) is 5.92 Å². The molecule has 1 fully saturated rings. The van der Waals surface area contributed by atoms with Gasteiger partial charge in [-0.1, -0.05) is 18.1 Å². The Bertz CT molecular complexity index is 900. The van der Waals surface area contributed by atoms with Gasteiger partial charge in [0.05, 0.1) is 18.7 Å². The SMILES string of the molecule is COC(=O)C1CCN(C(=O)c2cc([C@H](C)Cc3ccc4c(c3)OCO4)no2)CC1. The van der Waals surface area contributed by atoms with Crippen molar-refractivity contribution in [2.45, 2.75) is 32.1 Å². The summed E-state index contributed by atoms with van der Waals surface area (Å²) < 4.78 is 20.9. The maximum atomic E-state index is 12.7. The van der Waals surface area contributed by atoms with E-state index in [0.29, 0.717) is 25.9 Å². The number of methoxy groups -OCH3 is 1. The molecule has 8 nitrogen and oxygen atoms in total. The van der Waals surface area contributed by atoms with Crippen LogP contribution in [0.5, 0.6) is 11.5 Å².